The van der Waals surface area contributed by atoms with Crippen LogP contribution in [0.2, 0.25) is 5.02 Å². The first kappa shape index (κ1) is 34.1. The summed E-state index contributed by atoms with van der Waals surface area (Å²) in [4.78, 5) is 47.7. The number of rotatable bonds is 8. The summed E-state index contributed by atoms with van der Waals surface area (Å²) < 4.78 is 8.80. The number of halogens is 2. The van der Waals surface area contributed by atoms with E-state index in [0.29, 0.717) is 50.7 Å². The first-order chi connectivity index (χ1) is 23.1. The van der Waals surface area contributed by atoms with Gasteiger partial charge >= 0.3 is 6.09 Å². The van der Waals surface area contributed by atoms with E-state index in [2.05, 4.69) is 42.9 Å². The summed E-state index contributed by atoms with van der Waals surface area (Å²) in [5, 5.41) is 0.692. The first-order valence-corrected chi connectivity index (χ1v) is 17.5. The van der Waals surface area contributed by atoms with E-state index in [4.69, 9.17) is 21.3 Å². The van der Waals surface area contributed by atoms with Crippen molar-refractivity contribution < 1.29 is 14.3 Å². The SMILES string of the molecule is CC(C)(C)OC(=O)N1CCN(C2c3ccc(Cl)cc3CCc3cc(Br)cnc32)C[C@@H]1C(=O)N(CCCn1ccnc1)Cc1cccnc1. The minimum absolute atomic E-state index is 0.131. The molecular weight excluding hydrogens is 694 g/mol. The normalized spacial score (nSPS) is 18.1. The van der Waals surface area contributed by atoms with E-state index >= 15 is 0 Å². The average molecular weight is 735 g/mol. The molecule has 12 heteroatoms. The van der Waals surface area contributed by atoms with E-state index in [1.165, 1.54) is 0 Å². The van der Waals surface area contributed by atoms with Gasteiger partial charge in [0.2, 0.25) is 5.91 Å². The van der Waals surface area contributed by atoms with Crippen LogP contribution in [0.15, 0.2) is 78.2 Å². The average Bonchev–Trinajstić information content (AvgIpc) is 3.52. The zero-order chi connectivity index (χ0) is 33.8. The van der Waals surface area contributed by atoms with E-state index in [1.54, 1.807) is 29.8 Å². The molecule has 2 atom stereocenters. The van der Waals surface area contributed by atoms with Crippen molar-refractivity contribution in [2.24, 2.45) is 0 Å². The van der Waals surface area contributed by atoms with Gasteiger partial charge in [-0.25, -0.2) is 9.78 Å². The van der Waals surface area contributed by atoms with Crippen LogP contribution in [0.1, 0.15) is 61.2 Å². The van der Waals surface area contributed by atoms with Crippen molar-refractivity contribution in [1.82, 2.24) is 34.2 Å². The smallest absolute Gasteiger partial charge is 0.411 e. The largest absolute Gasteiger partial charge is 0.444 e. The molecule has 10 nitrogen and oxygen atoms in total. The number of ether oxygens (including phenoxy) is 1. The highest BCUT2D eigenvalue weighted by Gasteiger charge is 2.43. The lowest BCUT2D eigenvalue weighted by Gasteiger charge is -2.45. The molecule has 0 bridgehead atoms. The van der Waals surface area contributed by atoms with Gasteiger partial charge in [0.05, 0.1) is 18.1 Å². The van der Waals surface area contributed by atoms with Crippen molar-refractivity contribution in [3.05, 3.63) is 111 Å². The van der Waals surface area contributed by atoms with Gasteiger partial charge < -0.3 is 14.2 Å². The van der Waals surface area contributed by atoms with Crippen LogP contribution in [0.3, 0.4) is 0 Å². The second-order valence-electron chi connectivity index (χ2n) is 13.4. The molecule has 1 aromatic carbocycles. The van der Waals surface area contributed by atoms with Crippen molar-refractivity contribution in [2.75, 3.05) is 26.2 Å². The van der Waals surface area contributed by atoms with Gasteiger partial charge in [0.25, 0.3) is 0 Å². The van der Waals surface area contributed by atoms with Gasteiger partial charge in [-0.05, 0) is 102 Å². The van der Waals surface area contributed by atoms with Crippen molar-refractivity contribution in [3.63, 3.8) is 0 Å². The third-order valence-electron chi connectivity index (χ3n) is 8.79. The van der Waals surface area contributed by atoms with Crippen LogP contribution >= 0.6 is 27.5 Å². The Kier molecular flexibility index (Phi) is 10.5. The third kappa shape index (κ3) is 8.07. The third-order valence-corrected chi connectivity index (χ3v) is 9.46. The molecule has 6 rings (SSSR count). The van der Waals surface area contributed by atoms with E-state index in [9.17, 15) is 9.59 Å². The Morgan fingerprint density at radius 1 is 1.06 bits per heavy atom. The number of pyridine rings is 2. The molecule has 252 valence electrons. The molecule has 1 saturated heterocycles. The number of benzene rings is 1. The predicted molar refractivity (Wildman–Crippen MR) is 187 cm³/mol. The first-order valence-electron chi connectivity index (χ1n) is 16.4. The van der Waals surface area contributed by atoms with Crippen LogP contribution < -0.4 is 0 Å². The molecule has 0 saturated carbocycles. The van der Waals surface area contributed by atoms with E-state index in [0.717, 1.165) is 45.3 Å². The van der Waals surface area contributed by atoms with Gasteiger partial charge in [-0.3, -0.25) is 24.6 Å². The molecular formula is C36H41BrClN7O3. The number of hydrogen-bond acceptors (Lipinski definition) is 7. The number of carbonyl (C=O) groups excluding carboxylic acids is 2. The Labute approximate surface area is 295 Å². The van der Waals surface area contributed by atoms with Crippen LogP contribution in [0.25, 0.3) is 0 Å². The number of fused-ring (bicyclic) bond motifs is 2. The number of aromatic nitrogens is 4. The summed E-state index contributed by atoms with van der Waals surface area (Å²) in [6.07, 6.45) is 12.7. The Morgan fingerprint density at radius 3 is 2.65 bits per heavy atom. The fourth-order valence-corrected chi connectivity index (χ4v) is 7.20. The summed E-state index contributed by atoms with van der Waals surface area (Å²) in [5.41, 5.74) is 4.61. The summed E-state index contributed by atoms with van der Waals surface area (Å²) in [5.74, 6) is -0.131. The maximum atomic E-state index is 14.8. The van der Waals surface area contributed by atoms with Gasteiger partial charge in [0.15, 0.2) is 0 Å². The van der Waals surface area contributed by atoms with Gasteiger partial charge in [0, 0.05) is 79.7 Å². The lowest BCUT2D eigenvalue weighted by atomic mass is 9.95. The van der Waals surface area contributed by atoms with E-state index in [1.807, 2.05) is 66.9 Å². The predicted octanol–water partition coefficient (Wildman–Crippen LogP) is 6.32. The lowest BCUT2D eigenvalue weighted by Crippen LogP contribution is -2.62. The molecule has 1 aliphatic carbocycles. The highest BCUT2D eigenvalue weighted by atomic mass is 79.9. The zero-order valence-corrected chi connectivity index (χ0v) is 29.9. The number of amides is 2. The van der Waals surface area contributed by atoms with Crippen LogP contribution in [0, 0.1) is 0 Å². The van der Waals surface area contributed by atoms with Gasteiger partial charge in [-0.15, -0.1) is 0 Å². The highest BCUT2D eigenvalue weighted by Crippen LogP contribution is 2.39. The number of hydrogen-bond donors (Lipinski definition) is 0. The highest BCUT2D eigenvalue weighted by molar-refractivity contribution is 9.10. The summed E-state index contributed by atoms with van der Waals surface area (Å²) in [7, 11) is 0. The summed E-state index contributed by atoms with van der Waals surface area (Å²) >= 11 is 10.1. The molecule has 0 radical (unpaired) electrons. The molecule has 2 aliphatic rings. The minimum Gasteiger partial charge on any atom is -0.444 e. The number of piperazine rings is 1. The van der Waals surface area contributed by atoms with E-state index in [-0.39, 0.29) is 11.9 Å². The maximum absolute atomic E-state index is 14.8. The maximum Gasteiger partial charge on any atom is 0.411 e. The summed E-state index contributed by atoms with van der Waals surface area (Å²) in [6, 6.07) is 11.0. The molecule has 1 aliphatic heterocycles. The molecule has 1 unspecified atom stereocenters. The zero-order valence-electron chi connectivity index (χ0n) is 27.6. The van der Waals surface area contributed by atoms with Gasteiger partial charge in [-0.1, -0.05) is 23.7 Å². The number of carbonyl (C=O) groups is 2. The molecule has 3 aromatic heterocycles. The quantitative estimate of drug-likeness (QED) is 0.209. The Bertz CT molecular complexity index is 1680. The monoisotopic (exact) mass is 733 g/mol. The number of nitrogens with zero attached hydrogens (tertiary/aromatic N) is 7. The van der Waals surface area contributed by atoms with Crippen LogP contribution in [0.4, 0.5) is 4.79 Å². The Hall–Kier alpha value is -3.80. The molecule has 4 heterocycles. The van der Waals surface area contributed by atoms with E-state index < -0.39 is 17.7 Å². The number of aryl methyl sites for hydroxylation is 3. The Balaban J connectivity index is 1.36. The van der Waals surface area contributed by atoms with Crippen molar-refractivity contribution in [3.8, 4) is 0 Å². The fraction of sp³-hybridized carbons (Fsp3) is 0.417. The van der Waals surface area contributed by atoms with Crippen molar-refractivity contribution >= 4 is 39.5 Å². The Morgan fingerprint density at radius 2 is 1.90 bits per heavy atom. The van der Waals surface area contributed by atoms with Crippen LogP contribution in [-0.4, -0.2) is 84.0 Å². The van der Waals surface area contributed by atoms with Crippen LogP contribution in [-0.2, 0) is 35.5 Å². The second-order valence-corrected chi connectivity index (χ2v) is 14.8. The topological polar surface area (TPSA) is 96.7 Å². The van der Waals surface area contributed by atoms with Crippen LogP contribution in [0.5, 0.6) is 0 Å². The molecule has 48 heavy (non-hydrogen) atoms. The number of imidazole rings is 1. The molecule has 2 amide bonds. The van der Waals surface area contributed by atoms with Gasteiger partial charge in [-0.2, -0.15) is 0 Å². The second kappa shape index (κ2) is 14.8. The minimum atomic E-state index is -0.781. The van der Waals surface area contributed by atoms with Gasteiger partial charge in [0.1, 0.15) is 11.6 Å². The molecule has 0 N–H and O–H groups in total. The van der Waals surface area contributed by atoms with Crippen molar-refractivity contribution in [2.45, 2.75) is 70.8 Å². The lowest BCUT2D eigenvalue weighted by molar-refractivity contribution is -0.140. The summed E-state index contributed by atoms with van der Waals surface area (Å²) in [6.45, 7) is 8.29. The molecule has 4 aromatic rings. The molecule has 1 fully saturated rings. The standard InChI is InChI=1S/C36H41BrClN7O3/c1-36(2,3)48-35(47)45-17-16-43(33-30-10-9-29(38)19-26(30)7-8-27-18-28(37)21-41-32(27)33)23-31(45)34(46)44(22-25-6-4-11-39-20-25)14-5-13-42-15-12-40-24-42/h4,6,9-12,15,18-21,24,31,33H,5,7-8,13-14,16-17,22-23H2,1-3H3/t31-,33?/m1/s1. The fourth-order valence-electron chi connectivity index (χ4n) is 6.62. The molecule has 0 spiro atoms. The van der Waals surface area contributed by atoms with Crippen molar-refractivity contribution in [1.29, 1.82) is 0 Å².